The average Bonchev–Trinajstić information content (AvgIpc) is 3.31. The van der Waals surface area contributed by atoms with Crippen LogP contribution in [0, 0.1) is 0 Å². The summed E-state index contributed by atoms with van der Waals surface area (Å²) in [5.74, 6) is -0.0899. The molecule has 0 saturated carbocycles. The van der Waals surface area contributed by atoms with Crippen LogP contribution in [0.1, 0.15) is 303 Å². The van der Waals surface area contributed by atoms with Crippen molar-refractivity contribution in [1.82, 2.24) is 5.32 Å². The third-order valence-corrected chi connectivity index (χ3v) is 13.2. The lowest BCUT2D eigenvalue weighted by molar-refractivity contribution is -0.143. The molecular formula is C59H111NO5. The Hall–Kier alpha value is -1.92. The molecule has 65 heavy (non-hydrogen) atoms. The SMILES string of the molecule is CCCCCC/C=C\C/C=C\CCCCCCCC(=O)OCCCCCCCC/C=C\CCCCCC(=O)NC(CO)C(O)CCCCCCCCCCCCCCCCCCCCC. The zero-order chi connectivity index (χ0) is 47.2. The molecule has 0 aromatic heterocycles. The van der Waals surface area contributed by atoms with Crippen LogP contribution >= 0.6 is 0 Å². The predicted octanol–water partition coefficient (Wildman–Crippen LogP) is 17.6. The molecule has 0 rings (SSSR count). The second-order valence-corrected chi connectivity index (χ2v) is 19.6. The minimum Gasteiger partial charge on any atom is -0.466 e. The van der Waals surface area contributed by atoms with Crippen LogP contribution in [0.15, 0.2) is 36.5 Å². The van der Waals surface area contributed by atoms with Crippen molar-refractivity contribution in [3.63, 3.8) is 0 Å². The Morgan fingerprint density at radius 3 is 1.22 bits per heavy atom. The van der Waals surface area contributed by atoms with Crippen molar-refractivity contribution in [2.75, 3.05) is 13.2 Å². The number of allylic oxidation sites excluding steroid dienone is 6. The van der Waals surface area contributed by atoms with Crippen LogP contribution < -0.4 is 5.32 Å². The molecule has 0 heterocycles. The van der Waals surface area contributed by atoms with E-state index in [0.717, 1.165) is 83.5 Å². The van der Waals surface area contributed by atoms with E-state index in [2.05, 4.69) is 55.6 Å². The van der Waals surface area contributed by atoms with Gasteiger partial charge in [0.05, 0.1) is 25.4 Å². The summed E-state index contributed by atoms with van der Waals surface area (Å²) in [6.07, 6.45) is 67.0. The molecule has 0 spiro atoms. The molecule has 2 unspecified atom stereocenters. The maximum absolute atomic E-state index is 12.5. The highest BCUT2D eigenvalue weighted by Crippen LogP contribution is 2.17. The summed E-state index contributed by atoms with van der Waals surface area (Å²) in [5.41, 5.74) is 0. The van der Waals surface area contributed by atoms with Crippen molar-refractivity contribution >= 4 is 11.9 Å². The molecule has 382 valence electrons. The molecule has 0 aromatic rings. The first-order valence-electron chi connectivity index (χ1n) is 28.7. The van der Waals surface area contributed by atoms with Gasteiger partial charge < -0.3 is 20.3 Å². The number of amides is 1. The van der Waals surface area contributed by atoms with Crippen molar-refractivity contribution in [2.24, 2.45) is 0 Å². The predicted molar refractivity (Wildman–Crippen MR) is 283 cm³/mol. The quantitative estimate of drug-likeness (QED) is 0.0321. The van der Waals surface area contributed by atoms with E-state index in [1.165, 1.54) is 186 Å². The lowest BCUT2D eigenvalue weighted by Crippen LogP contribution is -2.45. The smallest absolute Gasteiger partial charge is 0.305 e. The third-order valence-electron chi connectivity index (χ3n) is 13.2. The molecule has 1 amide bonds. The molecule has 2 atom stereocenters. The van der Waals surface area contributed by atoms with Gasteiger partial charge in [-0.15, -0.1) is 0 Å². The second-order valence-electron chi connectivity index (χ2n) is 19.6. The van der Waals surface area contributed by atoms with Gasteiger partial charge in [0.25, 0.3) is 0 Å². The van der Waals surface area contributed by atoms with E-state index in [1.54, 1.807) is 0 Å². The highest BCUT2D eigenvalue weighted by Gasteiger charge is 2.20. The maximum Gasteiger partial charge on any atom is 0.305 e. The standard InChI is InChI=1S/C59H111NO5/c1-3-5-7-9-11-13-15-17-19-21-22-23-24-27-31-35-39-43-47-51-57(62)56(55-61)60-58(63)52-48-44-40-36-32-28-26-30-34-38-42-46-50-54-65-59(64)53-49-45-41-37-33-29-25-20-18-16-14-12-10-8-6-4-2/h14,16,20,25,28,32,56-57,61-62H,3-13,15,17-19,21-24,26-27,29-31,33-55H2,1-2H3,(H,60,63)/b16-14-,25-20-,32-28-. The lowest BCUT2D eigenvalue weighted by Gasteiger charge is -2.22. The summed E-state index contributed by atoms with van der Waals surface area (Å²) in [6, 6.07) is -0.563. The number of unbranched alkanes of at least 4 members (excludes halogenated alkanes) is 36. The van der Waals surface area contributed by atoms with E-state index in [0.29, 0.717) is 25.9 Å². The highest BCUT2D eigenvalue weighted by molar-refractivity contribution is 5.76. The molecule has 0 aromatic carbocycles. The van der Waals surface area contributed by atoms with E-state index in [1.807, 2.05) is 0 Å². The van der Waals surface area contributed by atoms with Gasteiger partial charge in [0, 0.05) is 12.8 Å². The molecule has 6 heteroatoms. The summed E-state index contributed by atoms with van der Waals surface area (Å²) in [7, 11) is 0. The van der Waals surface area contributed by atoms with E-state index < -0.39 is 12.1 Å². The Labute approximate surface area is 404 Å². The van der Waals surface area contributed by atoms with Gasteiger partial charge in [-0.3, -0.25) is 9.59 Å². The zero-order valence-electron chi connectivity index (χ0n) is 43.5. The van der Waals surface area contributed by atoms with Crippen molar-refractivity contribution in [3.05, 3.63) is 36.5 Å². The number of ether oxygens (including phenoxy) is 1. The van der Waals surface area contributed by atoms with E-state index in [-0.39, 0.29) is 18.5 Å². The maximum atomic E-state index is 12.5. The fourth-order valence-corrected chi connectivity index (χ4v) is 8.72. The van der Waals surface area contributed by atoms with E-state index in [4.69, 9.17) is 4.74 Å². The highest BCUT2D eigenvalue weighted by atomic mass is 16.5. The number of rotatable bonds is 53. The van der Waals surface area contributed by atoms with Crippen molar-refractivity contribution in [2.45, 2.75) is 315 Å². The fraction of sp³-hybridized carbons (Fsp3) is 0.864. The van der Waals surface area contributed by atoms with Crippen LogP contribution in [0.2, 0.25) is 0 Å². The summed E-state index contributed by atoms with van der Waals surface area (Å²) in [5, 5.41) is 23.3. The summed E-state index contributed by atoms with van der Waals surface area (Å²) >= 11 is 0. The van der Waals surface area contributed by atoms with Crippen LogP contribution in [0.3, 0.4) is 0 Å². The molecule has 6 nitrogen and oxygen atoms in total. The van der Waals surface area contributed by atoms with Crippen molar-refractivity contribution in [3.8, 4) is 0 Å². The molecule has 0 aliphatic heterocycles. The van der Waals surface area contributed by atoms with Crippen molar-refractivity contribution in [1.29, 1.82) is 0 Å². The number of carbonyl (C=O) groups is 2. The van der Waals surface area contributed by atoms with Gasteiger partial charge in [-0.1, -0.05) is 243 Å². The first-order chi connectivity index (χ1) is 32.0. The third kappa shape index (κ3) is 51.3. The molecule has 0 radical (unpaired) electrons. The van der Waals surface area contributed by atoms with Crippen LogP contribution in [0.5, 0.6) is 0 Å². The minimum absolute atomic E-state index is 0.0258. The molecule has 0 fully saturated rings. The Kier molecular flexibility index (Phi) is 53.1. The van der Waals surface area contributed by atoms with Crippen LogP contribution in [-0.2, 0) is 14.3 Å². The Bertz CT molecular complexity index is 1060. The van der Waals surface area contributed by atoms with Crippen molar-refractivity contribution < 1.29 is 24.5 Å². The Morgan fingerprint density at radius 1 is 0.431 bits per heavy atom. The molecule has 3 N–H and O–H groups in total. The summed E-state index contributed by atoms with van der Waals surface area (Å²) in [4.78, 5) is 24.5. The van der Waals surface area contributed by atoms with Gasteiger partial charge >= 0.3 is 5.97 Å². The minimum atomic E-state index is -0.683. The first kappa shape index (κ1) is 63.1. The van der Waals surface area contributed by atoms with Gasteiger partial charge in [0.1, 0.15) is 0 Å². The lowest BCUT2D eigenvalue weighted by atomic mass is 10.0. The van der Waals surface area contributed by atoms with Crippen LogP contribution in [0.25, 0.3) is 0 Å². The molecule has 0 saturated heterocycles. The van der Waals surface area contributed by atoms with Gasteiger partial charge in [0.15, 0.2) is 0 Å². The van der Waals surface area contributed by atoms with Gasteiger partial charge in [-0.25, -0.2) is 0 Å². The largest absolute Gasteiger partial charge is 0.466 e. The number of aliphatic hydroxyl groups excluding tert-OH is 2. The number of carbonyl (C=O) groups excluding carboxylic acids is 2. The normalized spacial score (nSPS) is 12.9. The summed E-state index contributed by atoms with van der Waals surface area (Å²) < 4.78 is 5.46. The number of aliphatic hydroxyl groups is 2. The Balaban J connectivity index is 3.50. The van der Waals surface area contributed by atoms with Crippen LogP contribution in [-0.4, -0.2) is 47.4 Å². The van der Waals surface area contributed by atoms with Gasteiger partial charge in [0.2, 0.25) is 5.91 Å². The molecular weight excluding hydrogens is 803 g/mol. The topological polar surface area (TPSA) is 95.9 Å². The molecule has 0 bridgehead atoms. The molecule has 0 aliphatic rings. The number of esters is 1. The zero-order valence-corrected chi connectivity index (χ0v) is 43.5. The van der Waals surface area contributed by atoms with Gasteiger partial charge in [-0.05, 0) is 83.5 Å². The Morgan fingerprint density at radius 2 is 0.769 bits per heavy atom. The molecule has 0 aliphatic carbocycles. The second kappa shape index (κ2) is 54.7. The van der Waals surface area contributed by atoms with E-state index >= 15 is 0 Å². The average molecular weight is 915 g/mol. The monoisotopic (exact) mass is 914 g/mol. The van der Waals surface area contributed by atoms with E-state index in [9.17, 15) is 19.8 Å². The van der Waals surface area contributed by atoms with Gasteiger partial charge in [-0.2, -0.15) is 0 Å². The number of hydrogen-bond donors (Lipinski definition) is 3. The number of hydrogen-bond acceptors (Lipinski definition) is 5. The summed E-state index contributed by atoms with van der Waals surface area (Å²) in [6.45, 7) is 4.90. The number of nitrogens with one attached hydrogen (secondary N) is 1. The first-order valence-corrected chi connectivity index (χ1v) is 28.7. The van der Waals surface area contributed by atoms with Crippen LogP contribution in [0.4, 0.5) is 0 Å². The fourth-order valence-electron chi connectivity index (χ4n) is 8.72.